The largest absolute Gasteiger partial charge is 0.445 e. The fourth-order valence-electron chi connectivity index (χ4n) is 1.72. The number of carbonyl (C=O) groups is 1. The molecule has 1 aromatic carbocycles. The minimum Gasteiger partial charge on any atom is -0.445 e. The molecular formula is C12H15NO2S. The lowest BCUT2D eigenvalue weighted by molar-refractivity contribution is 0.104. The lowest BCUT2D eigenvalue weighted by Gasteiger charge is -2.15. The summed E-state index contributed by atoms with van der Waals surface area (Å²) in [5, 5.41) is 0.296. The number of benzene rings is 1. The summed E-state index contributed by atoms with van der Waals surface area (Å²) in [7, 11) is 0. The van der Waals surface area contributed by atoms with E-state index < -0.39 is 0 Å². The van der Waals surface area contributed by atoms with Crippen LogP contribution in [0.15, 0.2) is 30.3 Å². The van der Waals surface area contributed by atoms with Gasteiger partial charge < -0.3 is 9.64 Å². The molecule has 0 spiro atoms. The van der Waals surface area contributed by atoms with E-state index in [1.54, 1.807) is 4.90 Å². The molecule has 86 valence electrons. The van der Waals surface area contributed by atoms with E-state index in [1.165, 1.54) is 0 Å². The van der Waals surface area contributed by atoms with Crippen molar-refractivity contribution in [1.82, 2.24) is 4.90 Å². The van der Waals surface area contributed by atoms with Crippen LogP contribution in [0.1, 0.15) is 12.0 Å². The third kappa shape index (κ3) is 2.92. The highest BCUT2D eigenvalue weighted by Crippen LogP contribution is 2.15. The van der Waals surface area contributed by atoms with Gasteiger partial charge in [-0.3, -0.25) is 0 Å². The Morgan fingerprint density at radius 2 is 2.19 bits per heavy atom. The van der Waals surface area contributed by atoms with E-state index in [4.69, 9.17) is 4.74 Å². The molecule has 1 saturated heterocycles. The van der Waals surface area contributed by atoms with Gasteiger partial charge in [0.2, 0.25) is 0 Å². The average molecular weight is 237 g/mol. The van der Waals surface area contributed by atoms with Crippen molar-refractivity contribution >= 4 is 18.7 Å². The number of amides is 1. The second-order valence-electron chi connectivity index (χ2n) is 3.93. The second-order valence-corrected chi connectivity index (χ2v) is 4.66. The zero-order valence-electron chi connectivity index (χ0n) is 9.00. The summed E-state index contributed by atoms with van der Waals surface area (Å²) in [5.74, 6) is 0. The van der Waals surface area contributed by atoms with Gasteiger partial charge in [-0.25, -0.2) is 4.79 Å². The molecule has 1 aromatic rings. The van der Waals surface area contributed by atoms with Gasteiger partial charge in [0.05, 0.1) is 0 Å². The minimum absolute atomic E-state index is 0.236. The summed E-state index contributed by atoms with van der Waals surface area (Å²) in [6, 6.07) is 9.69. The normalized spacial score (nSPS) is 19.8. The first-order chi connectivity index (χ1) is 7.75. The van der Waals surface area contributed by atoms with Crippen LogP contribution in [0.2, 0.25) is 0 Å². The first kappa shape index (κ1) is 11.3. The fourth-order valence-corrected chi connectivity index (χ4v) is 2.03. The first-order valence-corrected chi connectivity index (χ1v) is 5.91. The molecule has 1 fully saturated rings. The maximum atomic E-state index is 11.6. The molecule has 0 saturated carbocycles. The average Bonchev–Trinajstić information content (AvgIpc) is 2.74. The molecule has 0 N–H and O–H groups in total. The maximum Gasteiger partial charge on any atom is 0.410 e. The predicted molar refractivity (Wildman–Crippen MR) is 65.6 cm³/mol. The highest BCUT2D eigenvalue weighted by Gasteiger charge is 2.24. The predicted octanol–water partition coefficient (Wildman–Crippen LogP) is 2.33. The third-order valence-electron chi connectivity index (χ3n) is 2.63. The van der Waals surface area contributed by atoms with Crippen LogP contribution in [0.5, 0.6) is 0 Å². The molecule has 0 aliphatic carbocycles. The Kier molecular flexibility index (Phi) is 3.72. The van der Waals surface area contributed by atoms with Gasteiger partial charge in [-0.1, -0.05) is 30.3 Å². The van der Waals surface area contributed by atoms with Gasteiger partial charge in [0.15, 0.2) is 0 Å². The van der Waals surface area contributed by atoms with Gasteiger partial charge in [-0.2, -0.15) is 12.6 Å². The molecule has 2 rings (SSSR count). The number of hydrogen-bond acceptors (Lipinski definition) is 3. The van der Waals surface area contributed by atoms with Gasteiger partial charge in [0, 0.05) is 18.3 Å². The van der Waals surface area contributed by atoms with Crippen LogP contribution in [-0.4, -0.2) is 29.3 Å². The Bertz CT molecular complexity index is 355. The van der Waals surface area contributed by atoms with Gasteiger partial charge >= 0.3 is 6.09 Å². The van der Waals surface area contributed by atoms with E-state index >= 15 is 0 Å². The van der Waals surface area contributed by atoms with Crippen LogP contribution in [0.25, 0.3) is 0 Å². The highest BCUT2D eigenvalue weighted by molar-refractivity contribution is 7.81. The van der Waals surface area contributed by atoms with Crippen LogP contribution in [0.4, 0.5) is 4.79 Å². The third-order valence-corrected chi connectivity index (χ3v) is 3.05. The lowest BCUT2D eigenvalue weighted by atomic mass is 10.2. The maximum absolute atomic E-state index is 11.6. The zero-order chi connectivity index (χ0) is 11.4. The van der Waals surface area contributed by atoms with Crippen molar-refractivity contribution in [3.8, 4) is 0 Å². The van der Waals surface area contributed by atoms with Crippen molar-refractivity contribution in [3.05, 3.63) is 35.9 Å². The van der Waals surface area contributed by atoms with Crippen molar-refractivity contribution in [2.24, 2.45) is 0 Å². The summed E-state index contributed by atoms with van der Waals surface area (Å²) in [6.07, 6.45) is 0.712. The summed E-state index contributed by atoms with van der Waals surface area (Å²) in [6.45, 7) is 1.78. The molecule has 0 radical (unpaired) electrons. The number of hydrogen-bond donors (Lipinski definition) is 1. The van der Waals surface area contributed by atoms with Crippen molar-refractivity contribution in [2.75, 3.05) is 13.1 Å². The second kappa shape index (κ2) is 5.25. The smallest absolute Gasteiger partial charge is 0.410 e. The number of ether oxygens (including phenoxy) is 1. The summed E-state index contributed by atoms with van der Waals surface area (Å²) >= 11 is 4.33. The summed E-state index contributed by atoms with van der Waals surface area (Å²) in [4.78, 5) is 13.3. The monoisotopic (exact) mass is 237 g/mol. The van der Waals surface area contributed by atoms with Crippen LogP contribution in [0.3, 0.4) is 0 Å². The van der Waals surface area contributed by atoms with Crippen LogP contribution < -0.4 is 0 Å². The van der Waals surface area contributed by atoms with E-state index in [0.717, 1.165) is 18.5 Å². The molecule has 1 aliphatic rings. The zero-order valence-corrected chi connectivity index (χ0v) is 9.90. The van der Waals surface area contributed by atoms with Gasteiger partial charge in [-0.15, -0.1) is 0 Å². The number of carbonyl (C=O) groups excluding carboxylic acids is 1. The molecule has 1 aliphatic heterocycles. The Labute approximate surface area is 101 Å². The molecule has 3 nitrogen and oxygen atoms in total. The van der Waals surface area contributed by atoms with E-state index in [9.17, 15) is 4.79 Å². The molecular weight excluding hydrogens is 222 g/mol. The van der Waals surface area contributed by atoms with Gasteiger partial charge in [0.25, 0.3) is 0 Å². The molecule has 0 unspecified atom stereocenters. The summed E-state index contributed by atoms with van der Waals surface area (Å²) < 4.78 is 5.21. The number of thiol groups is 1. The topological polar surface area (TPSA) is 29.5 Å². The number of rotatable bonds is 2. The SMILES string of the molecule is O=C(OCc1ccccc1)N1CC[C@@H](S)C1. The molecule has 1 heterocycles. The van der Waals surface area contributed by atoms with E-state index in [0.29, 0.717) is 18.4 Å². The molecule has 0 aromatic heterocycles. The van der Waals surface area contributed by atoms with E-state index in [2.05, 4.69) is 12.6 Å². The van der Waals surface area contributed by atoms with E-state index in [1.807, 2.05) is 30.3 Å². The molecule has 1 atom stereocenters. The molecule has 1 amide bonds. The fraction of sp³-hybridized carbons (Fsp3) is 0.417. The minimum atomic E-state index is -0.236. The number of nitrogens with zero attached hydrogens (tertiary/aromatic N) is 1. The van der Waals surface area contributed by atoms with Crippen molar-refractivity contribution in [2.45, 2.75) is 18.3 Å². The van der Waals surface area contributed by atoms with Gasteiger partial charge in [0.1, 0.15) is 6.61 Å². The highest BCUT2D eigenvalue weighted by atomic mass is 32.1. The van der Waals surface area contributed by atoms with Crippen LogP contribution >= 0.6 is 12.6 Å². The summed E-state index contributed by atoms with van der Waals surface area (Å²) in [5.41, 5.74) is 1.01. The lowest BCUT2D eigenvalue weighted by Crippen LogP contribution is -2.29. The Balaban J connectivity index is 1.80. The van der Waals surface area contributed by atoms with Crippen LogP contribution in [0, 0.1) is 0 Å². The Morgan fingerprint density at radius 3 is 2.81 bits per heavy atom. The number of likely N-dealkylation sites (tertiary alicyclic amines) is 1. The van der Waals surface area contributed by atoms with E-state index in [-0.39, 0.29) is 6.09 Å². The molecule has 4 heteroatoms. The quantitative estimate of drug-likeness (QED) is 0.800. The Morgan fingerprint density at radius 1 is 1.44 bits per heavy atom. The van der Waals surface area contributed by atoms with Crippen molar-refractivity contribution in [1.29, 1.82) is 0 Å². The molecule has 0 bridgehead atoms. The Hall–Kier alpha value is -1.16. The van der Waals surface area contributed by atoms with Gasteiger partial charge in [-0.05, 0) is 12.0 Å². The van der Waals surface area contributed by atoms with Crippen molar-refractivity contribution < 1.29 is 9.53 Å². The van der Waals surface area contributed by atoms with Crippen LogP contribution in [-0.2, 0) is 11.3 Å². The molecule has 16 heavy (non-hydrogen) atoms. The van der Waals surface area contributed by atoms with Crippen molar-refractivity contribution in [3.63, 3.8) is 0 Å². The first-order valence-electron chi connectivity index (χ1n) is 5.39. The standard InChI is InChI=1S/C12H15NO2S/c14-12(13-7-6-11(16)8-13)15-9-10-4-2-1-3-5-10/h1-5,11,16H,6-9H2/t11-/m1/s1.